The lowest BCUT2D eigenvalue weighted by Gasteiger charge is -2.28. The quantitative estimate of drug-likeness (QED) is 0.783. The highest BCUT2D eigenvalue weighted by Gasteiger charge is 2.48. The number of rotatable bonds is 2. The van der Waals surface area contributed by atoms with E-state index in [2.05, 4.69) is 12.1 Å². The largest absolute Gasteiger partial charge is 0.371 e. The van der Waals surface area contributed by atoms with Crippen LogP contribution in [-0.4, -0.2) is 29.4 Å². The molecule has 4 nitrogen and oxygen atoms in total. The molecule has 0 radical (unpaired) electrons. The van der Waals surface area contributed by atoms with Crippen molar-refractivity contribution in [3.05, 3.63) is 46.5 Å². The smallest absolute Gasteiger partial charge is 0.233 e. The van der Waals surface area contributed by atoms with E-state index in [0.29, 0.717) is 31.0 Å². The summed E-state index contributed by atoms with van der Waals surface area (Å²) in [6, 6.07) is 8.15. The number of likely N-dealkylation sites (tertiary alicyclic amines) is 1. The van der Waals surface area contributed by atoms with Crippen molar-refractivity contribution in [2.75, 3.05) is 6.54 Å². The van der Waals surface area contributed by atoms with E-state index in [0.717, 1.165) is 6.42 Å². The molecule has 3 aliphatic rings. The Morgan fingerprint density at radius 1 is 1.09 bits per heavy atom. The fraction of sp³-hybridized carbons (Fsp3) is 0.444. The van der Waals surface area contributed by atoms with Gasteiger partial charge in [0.05, 0.1) is 31.1 Å². The number of benzene rings is 1. The number of allylic oxidation sites excluding steroid dienone is 2. The summed E-state index contributed by atoms with van der Waals surface area (Å²) in [5.74, 6) is -0.673. The molecule has 5 heteroatoms. The maximum Gasteiger partial charge on any atom is 0.233 e. The molecule has 1 aromatic rings. The Kier molecular flexibility index (Phi) is 3.74. The first-order chi connectivity index (χ1) is 11.1. The van der Waals surface area contributed by atoms with Crippen LogP contribution in [-0.2, 0) is 27.4 Å². The van der Waals surface area contributed by atoms with Gasteiger partial charge in [0.2, 0.25) is 11.8 Å². The van der Waals surface area contributed by atoms with Crippen LogP contribution < -0.4 is 0 Å². The molecule has 120 valence electrons. The molecular weight excluding hydrogens is 314 g/mol. The Morgan fingerprint density at radius 2 is 1.83 bits per heavy atom. The Labute approximate surface area is 140 Å². The van der Waals surface area contributed by atoms with Crippen molar-refractivity contribution < 1.29 is 14.3 Å². The molecule has 0 unspecified atom stereocenters. The normalized spacial score (nSPS) is 30.0. The third-order valence-corrected chi connectivity index (χ3v) is 5.40. The molecule has 1 fully saturated rings. The summed E-state index contributed by atoms with van der Waals surface area (Å²) in [5.41, 5.74) is 2.43. The average Bonchev–Trinajstić information content (AvgIpc) is 2.79. The first-order valence-corrected chi connectivity index (χ1v) is 8.39. The van der Waals surface area contributed by atoms with Crippen LogP contribution in [0.5, 0.6) is 0 Å². The number of halogens is 1. The second kappa shape index (κ2) is 5.77. The lowest BCUT2D eigenvalue weighted by molar-refractivity contribution is -0.142. The number of hydrogen-bond donors (Lipinski definition) is 0. The van der Waals surface area contributed by atoms with Crippen LogP contribution in [0.25, 0.3) is 0 Å². The molecule has 4 rings (SSSR count). The number of amides is 2. The van der Waals surface area contributed by atoms with Crippen LogP contribution in [0.3, 0.4) is 0 Å². The molecule has 1 aliphatic carbocycles. The SMILES string of the molecule is O=C1[C@H]2CC(Cl)=CC[C@H]2C(=O)N1C[C@@H]1Cc2ccccc2CO1. The van der Waals surface area contributed by atoms with Crippen molar-refractivity contribution in [1.29, 1.82) is 0 Å². The van der Waals surface area contributed by atoms with E-state index < -0.39 is 0 Å². The molecule has 3 atom stereocenters. The third-order valence-electron chi connectivity index (χ3n) is 5.09. The lowest BCUT2D eigenvalue weighted by atomic mass is 9.85. The fourth-order valence-corrected chi connectivity index (χ4v) is 4.06. The van der Waals surface area contributed by atoms with Crippen LogP contribution >= 0.6 is 11.6 Å². The van der Waals surface area contributed by atoms with Crippen molar-refractivity contribution in [3.8, 4) is 0 Å². The molecule has 2 amide bonds. The predicted octanol–water partition coefficient (Wildman–Crippen LogP) is 2.65. The fourth-order valence-electron chi connectivity index (χ4n) is 3.81. The van der Waals surface area contributed by atoms with Crippen LogP contribution in [0.4, 0.5) is 0 Å². The van der Waals surface area contributed by atoms with Crippen molar-refractivity contribution in [3.63, 3.8) is 0 Å². The van der Waals surface area contributed by atoms with Crippen LogP contribution in [0.15, 0.2) is 35.4 Å². The second-order valence-electron chi connectivity index (χ2n) is 6.50. The van der Waals surface area contributed by atoms with E-state index in [1.165, 1.54) is 16.0 Å². The number of carbonyl (C=O) groups excluding carboxylic acids is 2. The highest BCUT2D eigenvalue weighted by molar-refractivity contribution is 6.30. The van der Waals surface area contributed by atoms with E-state index in [1.807, 2.05) is 18.2 Å². The van der Waals surface area contributed by atoms with Crippen molar-refractivity contribution in [1.82, 2.24) is 4.90 Å². The van der Waals surface area contributed by atoms with E-state index in [-0.39, 0.29) is 29.8 Å². The molecule has 2 aliphatic heterocycles. The summed E-state index contributed by atoms with van der Waals surface area (Å²) >= 11 is 6.05. The molecule has 0 saturated carbocycles. The molecule has 0 aromatic heterocycles. The zero-order valence-electron chi connectivity index (χ0n) is 12.7. The van der Waals surface area contributed by atoms with Crippen molar-refractivity contribution in [2.24, 2.45) is 11.8 Å². The van der Waals surface area contributed by atoms with Gasteiger partial charge in [0, 0.05) is 11.5 Å². The van der Waals surface area contributed by atoms with Gasteiger partial charge in [0.25, 0.3) is 0 Å². The monoisotopic (exact) mass is 331 g/mol. The van der Waals surface area contributed by atoms with Gasteiger partial charge < -0.3 is 4.74 Å². The van der Waals surface area contributed by atoms with Crippen LogP contribution in [0.1, 0.15) is 24.0 Å². The Balaban J connectivity index is 1.48. The third kappa shape index (κ3) is 2.60. The molecule has 2 heterocycles. The maximum absolute atomic E-state index is 12.6. The number of nitrogens with zero attached hydrogens (tertiary/aromatic N) is 1. The van der Waals surface area contributed by atoms with Gasteiger partial charge in [-0.25, -0.2) is 0 Å². The Hall–Kier alpha value is -1.65. The zero-order valence-corrected chi connectivity index (χ0v) is 13.5. The van der Waals surface area contributed by atoms with Crippen LogP contribution in [0.2, 0.25) is 0 Å². The molecule has 1 saturated heterocycles. The summed E-state index contributed by atoms with van der Waals surface area (Å²) < 4.78 is 5.85. The number of imide groups is 1. The molecular formula is C18H18ClNO3. The highest BCUT2D eigenvalue weighted by Crippen LogP contribution is 2.39. The van der Waals surface area contributed by atoms with Gasteiger partial charge in [0.15, 0.2) is 0 Å². The Bertz CT molecular complexity index is 699. The maximum atomic E-state index is 12.6. The van der Waals surface area contributed by atoms with E-state index in [4.69, 9.17) is 16.3 Å². The first kappa shape index (κ1) is 14.9. The van der Waals surface area contributed by atoms with Gasteiger partial charge in [-0.3, -0.25) is 14.5 Å². The summed E-state index contributed by atoms with van der Waals surface area (Å²) in [5, 5.41) is 0.692. The number of carbonyl (C=O) groups is 2. The highest BCUT2D eigenvalue weighted by atomic mass is 35.5. The minimum absolute atomic E-state index is 0.0668. The summed E-state index contributed by atoms with van der Waals surface area (Å²) in [4.78, 5) is 26.5. The first-order valence-electron chi connectivity index (χ1n) is 8.01. The zero-order chi connectivity index (χ0) is 16.0. The topological polar surface area (TPSA) is 46.6 Å². The van der Waals surface area contributed by atoms with Crippen molar-refractivity contribution in [2.45, 2.75) is 32.0 Å². The molecule has 0 spiro atoms. The van der Waals surface area contributed by atoms with Crippen LogP contribution in [0, 0.1) is 11.8 Å². The van der Waals surface area contributed by atoms with E-state index in [9.17, 15) is 9.59 Å². The average molecular weight is 332 g/mol. The minimum atomic E-state index is -0.282. The van der Waals surface area contributed by atoms with Gasteiger partial charge >= 0.3 is 0 Å². The molecule has 23 heavy (non-hydrogen) atoms. The van der Waals surface area contributed by atoms with Gasteiger partial charge in [0.1, 0.15) is 0 Å². The van der Waals surface area contributed by atoms with Gasteiger partial charge in [-0.15, -0.1) is 0 Å². The molecule has 1 aromatic carbocycles. The van der Waals surface area contributed by atoms with Gasteiger partial charge in [-0.2, -0.15) is 0 Å². The van der Waals surface area contributed by atoms with Gasteiger partial charge in [-0.05, 0) is 24.0 Å². The summed E-state index contributed by atoms with van der Waals surface area (Å²) in [6.07, 6.45) is 3.54. The van der Waals surface area contributed by atoms with E-state index >= 15 is 0 Å². The second-order valence-corrected chi connectivity index (χ2v) is 6.98. The summed E-state index contributed by atoms with van der Waals surface area (Å²) in [6.45, 7) is 0.883. The summed E-state index contributed by atoms with van der Waals surface area (Å²) in [7, 11) is 0. The molecule has 0 bridgehead atoms. The van der Waals surface area contributed by atoms with Gasteiger partial charge in [-0.1, -0.05) is 41.9 Å². The standard InChI is InChI=1S/C18H18ClNO3/c19-13-5-6-15-16(8-13)18(22)20(17(15)21)9-14-7-11-3-1-2-4-12(11)10-23-14/h1-5,14-16H,6-10H2/t14-,15+,16-/m0/s1. The Morgan fingerprint density at radius 3 is 2.65 bits per heavy atom. The molecule has 0 N–H and O–H groups in total. The predicted molar refractivity (Wildman–Crippen MR) is 85.6 cm³/mol. The number of fused-ring (bicyclic) bond motifs is 2. The lowest BCUT2D eigenvalue weighted by Crippen LogP contribution is -2.41. The van der Waals surface area contributed by atoms with Crippen molar-refractivity contribution >= 4 is 23.4 Å². The minimum Gasteiger partial charge on any atom is -0.371 e. The van der Waals surface area contributed by atoms with E-state index in [1.54, 1.807) is 0 Å². The number of hydrogen-bond acceptors (Lipinski definition) is 3. The number of ether oxygens (including phenoxy) is 1.